The van der Waals surface area contributed by atoms with E-state index in [4.69, 9.17) is 10.8 Å². The summed E-state index contributed by atoms with van der Waals surface area (Å²) in [6.45, 7) is 4.08. The molecule has 0 saturated carbocycles. The van der Waals surface area contributed by atoms with E-state index in [1.54, 1.807) is 24.7 Å². The molecule has 7 nitrogen and oxygen atoms in total. The van der Waals surface area contributed by atoms with Crippen LogP contribution in [-0.2, 0) is 6.18 Å². The number of allylic oxidation sites excluding steroid dienone is 2. The second-order valence-electron chi connectivity index (χ2n) is 9.08. The van der Waals surface area contributed by atoms with E-state index in [-0.39, 0.29) is 16.2 Å². The molecule has 188 valence electrons. The van der Waals surface area contributed by atoms with Crippen molar-refractivity contribution in [1.82, 2.24) is 0 Å². The molecule has 0 radical (unpaired) electrons. The summed E-state index contributed by atoms with van der Waals surface area (Å²) in [5, 5.41) is 6.75. The number of halogens is 3. The van der Waals surface area contributed by atoms with Crippen LogP contribution in [0.2, 0.25) is 0 Å². The van der Waals surface area contributed by atoms with Crippen molar-refractivity contribution in [3.05, 3.63) is 95.6 Å². The number of nitrogens with two attached hydrogens (primary N) is 1. The van der Waals surface area contributed by atoms with Crippen LogP contribution in [0.15, 0.2) is 94.4 Å². The van der Waals surface area contributed by atoms with Crippen molar-refractivity contribution >= 4 is 40.2 Å². The molecule has 1 atom stereocenters. The number of amides is 2. The number of urea groups is 1. The van der Waals surface area contributed by atoms with Crippen molar-refractivity contribution in [2.24, 2.45) is 21.7 Å². The quantitative estimate of drug-likeness (QED) is 0.284. The second-order valence-corrected chi connectivity index (χ2v) is 9.08. The molecule has 5 rings (SSSR count). The van der Waals surface area contributed by atoms with Crippen molar-refractivity contribution in [3.8, 4) is 0 Å². The molecule has 1 unspecified atom stereocenters. The number of nitrogens with one attached hydrogen (secondary N) is 2. The molecule has 37 heavy (non-hydrogen) atoms. The average Bonchev–Trinajstić information content (AvgIpc) is 3.17. The van der Waals surface area contributed by atoms with Gasteiger partial charge in [-0.3, -0.25) is 4.99 Å². The number of fused-ring (bicyclic) bond motifs is 2. The van der Waals surface area contributed by atoms with Gasteiger partial charge in [0.1, 0.15) is 11.9 Å². The Balaban J connectivity index is 1.48. The first-order valence-electron chi connectivity index (χ1n) is 11.6. The van der Waals surface area contributed by atoms with Crippen LogP contribution in [0.4, 0.5) is 29.3 Å². The number of quaternary nitrogens is 1. The summed E-state index contributed by atoms with van der Waals surface area (Å²) < 4.78 is 39.0. The fraction of sp³-hybridized carbons (Fsp3) is 0.148. The highest BCUT2D eigenvalue weighted by atomic mass is 19.4. The molecular weight excluding hydrogens is 481 g/mol. The number of carbonyl (C=O) groups is 1. The average molecular weight is 506 g/mol. The van der Waals surface area contributed by atoms with Gasteiger partial charge in [-0.1, -0.05) is 44.2 Å². The fourth-order valence-corrected chi connectivity index (χ4v) is 4.47. The number of hydrogen-bond donors (Lipinski definition) is 3. The van der Waals surface area contributed by atoms with Gasteiger partial charge < -0.3 is 10.6 Å². The lowest BCUT2D eigenvalue weighted by atomic mass is 10.0. The van der Waals surface area contributed by atoms with Gasteiger partial charge in [0.25, 0.3) is 5.84 Å². The molecule has 0 aliphatic carbocycles. The molecule has 2 heterocycles. The summed E-state index contributed by atoms with van der Waals surface area (Å²) in [5.41, 5.74) is 2.09. The van der Waals surface area contributed by atoms with Crippen LogP contribution in [0.5, 0.6) is 0 Å². The van der Waals surface area contributed by atoms with Gasteiger partial charge >= 0.3 is 12.2 Å². The smallest absolute Gasteiger partial charge is 0.308 e. The third kappa shape index (κ3) is 4.41. The van der Waals surface area contributed by atoms with Crippen LogP contribution in [-0.4, -0.2) is 22.7 Å². The van der Waals surface area contributed by atoms with Gasteiger partial charge in [-0.25, -0.2) is 4.79 Å². The first-order chi connectivity index (χ1) is 17.6. The Bertz CT molecular complexity index is 1540. The third-order valence-electron chi connectivity index (χ3n) is 6.23. The minimum atomic E-state index is -4.51. The van der Waals surface area contributed by atoms with E-state index in [2.05, 4.69) is 15.6 Å². The minimum Gasteiger partial charge on any atom is -0.308 e. The summed E-state index contributed by atoms with van der Waals surface area (Å²) in [6, 6.07) is 14.8. The fourth-order valence-electron chi connectivity index (χ4n) is 4.47. The Kier molecular flexibility index (Phi) is 5.93. The highest BCUT2D eigenvalue weighted by Gasteiger charge is 2.45. The normalized spacial score (nSPS) is 18.8. The standard InChI is InChI=1S/C27H23F3N6O/c1-16(2)24-23-15-32-12-13-36(23,31)25(35-24)21-10-11-22(20-9-4-3-8-19(20)21)34-26(37)33-18-7-5-6-17(14-18)27(28,29)30/h3-16H,31H2,1-2H3,(H-,32,33,34,35,37)/p+1. The number of rotatable bonds is 4. The van der Waals surface area contributed by atoms with Gasteiger partial charge in [0, 0.05) is 17.0 Å². The van der Waals surface area contributed by atoms with E-state index in [0.29, 0.717) is 11.5 Å². The third-order valence-corrected chi connectivity index (χ3v) is 6.23. The Labute approximate surface area is 211 Å². The van der Waals surface area contributed by atoms with E-state index >= 15 is 0 Å². The predicted octanol–water partition coefficient (Wildman–Crippen LogP) is 6.38. The number of nitrogens with zero attached hydrogens (tertiary/aromatic N) is 3. The number of benzene rings is 3. The SMILES string of the molecule is CC(C)C1=C2C=NC=C[N+]2(N)C(c2ccc(NC(=O)Nc3cccc(C(F)(F)F)c3)c3ccccc23)=N1. The topological polar surface area (TPSA) is 91.9 Å². The lowest BCUT2D eigenvalue weighted by Crippen LogP contribution is -2.53. The van der Waals surface area contributed by atoms with Crippen LogP contribution in [0.25, 0.3) is 10.8 Å². The molecule has 2 aliphatic rings. The number of anilines is 2. The van der Waals surface area contributed by atoms with E-state index in [1.807, 2.05) is 44.2 Å². The largest absolute Gasteiger partial charge is 0.416 e. The van der Waals surface area contributed by atoms with Crippen LogP contribution >= 0.6 is 0 Å². The van der Waals surface area contributed by atoms with Crippen molar-refractivity contribution < 1.29 is 22.6 Å². The maximum absolute atomic E-state index is 13.0. The highest BCUT2D eigenvalue weighted by molar-refractivity contribution is 6.14. The van der Waals surface area contributed by atoms with Gasteiger partial charge in [0.2, 0.25) is 5.70 Å². The Morgan fingerprint density at radius 3 is 2.49 bits per heavy atom. The van der Waals surface area contributed by atoms with Gasteiger partial charge in [-0.05, 0) is 35.7 Å². The van der Waals surface area contributed by atoms with Gasteiger partial charge in [0.05, 0.1) is 29.2 Å². The van der Waals surface area contributed by atoms with Crippen LogP contribution < -0.4 is 16.5 Å². The maximum atomic E-state index is 13.0. The van der Waals surface area contributed by atoms with E-state index in [0.717, 1.165) is 39.9 Å². The van der Waals surface area contributed by atoms with Crippen molar-refractivity contribution in [1.29, 1.82) is 0 Å². The van der Waals surface area contributed by atoms with Crippen molar-refractivity contribution in [3.63, 3.8) is 0 Å². The van der Waals surface area contributed by atoms with E-state index in [1.165, 1.54) is 12.1 Å². The summed E-state index contributed by atoms with van der Waals surface area (Å²) >= 11 is 0. The van der Waals surface area contributed by atoms with Crippen LogP contribution in [0.3, 0.4) is 0 Å². The van der Waals surface area contributed by atoms with Crippen molar-refractivity contribution in [2.75, 3.05) is 10.6 Å². The molecule has 0 bridgehead atoms. The molecular formula is C27H24F3N6O+. The summed E-state index contributed by atoms with van der Waals surface area (Å²) in [6.07, 6.45) is 0.624. The molecule has 0 fully saturated rings. The molecule has 10 heteroatoms. The predicted molar refractivity (Wildman–Crippen MR) is 139 cm³/mol. The zero-order chi connectivity index (χ0) is 26.4. The first kappa shape index (κ1) is 24.4. The molecule has 0 spiro atoms. The molecule has 2 amide bonds. The first-order valence-corrected chi connectivity index (χ1v) is 11.6. The van der Waals surface area contributed by atoms with Gasteiger partial charge in [-0.2, -0.15) is 24.0 Å². The highest BCUT2D eigenvalue weighted by Crippen LogP contribution is 2.37. The molecule has 0 aromatic heterocycles. The Hall–Kier alpha value is -4.28. The lowest BCUT2D eigenvalue weighted by molar-refractivity contribution is -0.750. The molecule has 0 saturated heterocycles. The number of aliphatic imine (C=N–C) groups is 2. The molecule has 3 aromatic rings. The number of carbonyl (C=O) groups excluding carboxylic acids is 1. The molecule has 4 N–H and O–H groups in total. The van der Waals surface area contributed by atoms with E-state index < -0.39 is 17.8 Å². The maximum Gasteiger partial charge on any atom is 0.416 e. The number of hydrogen-bond acceptors (Lipinski definition) is 4. The van der Waals surface area contributed by atoms with E-state index in [9.17, 15) is 18.0 Å². The number of amidine groups is 1. The van der Waals surface area contributed by atoms with Crippen LogP contribution in [0, 0.1) is 5.92 Å². The Morgan fingerprint density at radius 1 is 1.00 bits per heavy atom. The summed E-state index contributed by atoms with van der Waals surface area (Å²) in [7, 11) is 0. The van der Waals surface area contributed by atoms with Gasteiger partial charge in [0.15, 0.2) is 0 Å². The molecule has 2 aliphatic heterocycles. The second kappa shape index (κ2) is 8.99. The zero-order valence-corrected chi connectivity index (χ0v) is 20.0. The van der Waals surface area contributed by atoms with Gasteiger partial charge in [-0.15, -0.1) is 4.59 Å². The molecule has 3 aromatic carbocycles. The summed E-state index contributed by atoms with van der Waals surface area (Å²) in [5.74, 6) is 7.56. The minimum absolute atomic E-state index is 0.0292. The Morgan fingerprint density at radius 2 is 1.76 bits per heavy atom. The monoisotopic (exact) mass is 505 g/mol. The number of alkyl halides is 3. The van der Waals surface area contributed by atoms with Crippen molar-refractivity contribution in [2.45, 2.75) is 20.0 Å². The summed E-state index contributed by atoms with van der Waals surface area (Å²) in [4.78, 5) is 21.9. The van der Waals surface area contributed by atoms with Crippen LogP contribution in [0.1, 0.15) is 25.0 Å². The zero-order valence-electron chi connectivity index (χ0n) is 20.0. The lowest BCUT2D eigenvalue weighted by Gasteiger charge is -2.27.